The molecule has 1 aromatic carbocycles. The van der Waals surface area contributed by atoms with E-state index in [2.05, 4.69) is 4.98 Å². The molecule has 130 valence electrons. The van der Waals surface area contributed by atoms with Crippen molar-refractivity contribution in [3.8, 4) is 0 Å². The summed E-state index contributed by atoms with van der Waals surface area (Å²) in [6, 6.07) is 10.7. The third-order valence-corrected chi connectivity index (χ3v) is 4.35. The van der Waals surface area contributed by atoms with Crippen molar-refractivity contribution >= 4 is 17.6 Å². The first kappa shape index (κ1) is 17.0. The fourth-order valence-corrected chi connectivity index (χ4v) is 3.01. The van der Waals surface area contributed by atoms with E-state index in [-0.39, 0.29) is 18.2 Å². The van der Waals surface area contributed by atoms with Crippen LogP contribution in [0.2, 0.25) is 0 Å². The molecule has 0 saturated carbocycles. The van der Waals surface area contributed by atoms with E-state index in [1.165, 1.54) is 6.08 Å². The number of para-hydroxylation sites is 1. The highest BCUT2D eigenvalue weighted by Gasteiger charge is 2.40. The van der Waals surface area contributed by atoms with Gasteiger partial charge in [-0.25, -0.2) is 4.79 Å². The minimum Gasteiger partial charge on any atom is -0.463 e. The van der Waals surface area contributed by atoms with Crippen LogP contribution in [0.15, 0.2) is 54.7 Å². The number of likely N-dealkylation sites (N-methyl/N-ethyl adjacent to an activating group) is 1. The molecule has 2 atom stereocenters. The molecule has 1 aliphatic rings. The van der Waals surface area contributed by atoms with Gasteiger partial charge in [0.1, 0.15) is 0 Å². The Kier molecular flexibility index (Phi) is 4.46. The molecule has 1 aliphatic heterocycles. The summed E-state index contributed by atoms with van der Waals surface area (Å²) in [5.74, 6) is -1.46. The predicted octanol–water partition coefficient (Wildman–Crippen LogP) is 2.08. The summed E-state index contributed by atoms with van der Waals surface area (Å²) >= 11 is 0. The van der Waals surface area contributed by atoms with E-state index in [1.807, 2.05) is 24.3 Å². The lowest BCUT2D eigenvalue weighted by atomic mass is 9.94. The average molecular weight is 340 g/mol. The molecule has 1 unspecified atom stereocenters. The van der Waals surface area contributed by atoms with Gasteiger partial charge in [-0.3, -0.25) is 4.79 Å². The quantitative estimate of drug-likeness (QED) is 0.645. The molecule has 6 nitrogen and oxygen atoms in total. The van der Waals surface area contributed by atoms with Crippen LogP contribution in [0.3, 0.4) is 0 Å². The van der Waals surface area contributed by atoms with Gasteiger partial charge in [0.2, 0.25) is 11.5 Å². The molecule has 2 heterocycles. The highest BCUT2D eigenvalue weighted by molar-refractivity contribution is 6.05. The van der Waals surface area contributed by atoms with Crippen LogP contribution >= 0.6 is 0 Å². The van der Waals surface area contributed by atoms with Crippen molar-refractivity contribution in [1.29, 1.82) is 0 Å². The van der Waals surface area contributed by atoms with E-state index >= 15 is 0 Å². The predicted molar refractivity (Wildman–Crippen MR) is 93.1 cm³/mol. The van der Waals surface area contributed by atoms with E-state index < -0.39 is 17.5 Å². The Balaban J connectivity index is 1.98. The molecule has 1 aromatic heterocycles. The number of aliphatic hydroxyl groups is 1. The zero-order valence-electron chi connectivity index (χ0n) is 14.1. The lowest BCUT2D eigenvalue weighted by Crippen LogP contribution is -2.36. The van der Waals surface area contributed by atoms with Crippen molar-refractivity contribution in [2.24, 2.45) is 0 Å². The number of anilines is 1. The lowest BCUT2D eigenvalue weighted by molar-refractivity contribution is -0.161. The van der Waals surface area contributed by atoms with Gasteiger partial charge in [0.15, 0.2) is 0 Å². The monoisotopic (exact) mass is 340 g/mol. The first-order valence-corrected chi connectivity index (χ1v) is 8.08. The molecule has 1 amide bonds. The number of benzene rings is 1. The molecule has 6 heteroatoms. The van der Waals surface area contributed by atoms with Gasteiger partial charge in [0.25, 0.3) is 0 Å². The van der Waals surface area contributed by atoms with Crippen LogP contribution in [0, 0.1) is 0 Å². The molecule has 0 saturated heterocycles. The Morgan fingerprint density at radius 3 is 2.80 bits per heavy atom. The van der Waals surface area contributed by atoms with E-state index in [1.54, 1.807) is 43.3 Å². The van der Waals surface area contributed by atoms with Crippen molar-refractivity contribution in [2.75, 3.05) is 18.6 Å². The second-order valence-corrected chi connectivity index (χ2v) is 5.86. The molecular weight excluding hydrogens is 320 g/mol. The largest absolute Gasteiger partial charge is 0.463 e. The van der Waals surface area contributed by atoms with Gasteiger partial charge in [0, 0.05) is 18.9 Å². The molecule has 0 spiro atoms. The molecule has 0 radical (unpaired) electrons. The summed E-state index contributed by atoms with van der Waals surface area (Å²) in [5, 5.41) is 10.9. The Labute approximate surface area is 145 Å². The van der Waals surface area contributed by atoms with Crippen LogP contribution < -0.4 is 4.90 Å². The van der Waals surface area contributed by atoms with Crippen molar-refractivity contribution < 1.29 is 19.4 Å². The SMILES string of the molecule is CCOC(=O)[C@@](O)(/C=C/C1C(=O)N(C)c2ccccc21)c1ccc[nH]1. The van der Waals surface area contributed by atoms with E-state index in [9.17, 15) is 14.7 Å². The van der Waals surface area contributed by atoms with Crippen molar-refractivity contribution in [2.45, 2.75) is 18.4 Å². The third kappa shape index (κ3) is 2.85. The number of hydrogen-bond donors (Lipinski definition) is 2. The summed E-state index contributed by atoms with van der Waals surface area (Å²) < 4.78 is 5.01. The van der Waals surface area contributed by atoms with Crippen LogP contribution in [-0.2, 0) is 19.9 Å². The van der Waals surface area contributed by atoms with Crippen molar-refractivity contribution in [1.82, 2.24) is 4.98 Å². The molecule has 3 rings (SSSR count). The van der Waals surface area contributed by atoms with Gasteiger partial charge >= 0.3 is 5.97 Å². The Hall–Kier alpha value is -2.86. The number of esters is 1. The maximum Gasteiger partial charge on any atom is 0.348 e. The molecule has 25 heavy (non-hydrogen) atoms. The summed E-state index contributed by atoms with van der Waals surface area (Å²) in [4.78, 5) is 29.3. The number of carbonyl (C=O) groups is 2. The average Bonchev–Trinajstić information content (AvgIpc) is 3.23. The van der Waals surface area contributed by atoms with Crippen LogP contribution in [0.4, 0.5) is 5.69 Å². The number of nitrogens with zero attached hydrogens (tertiary/aromatic N) is 1. The summed E-state index contributed by atoms with van der Waals surface area (Å²) in [6.07, 6.45) is 4.49. The third-order valence-electron chi connectivity index (χ3n) is 4.35. The number of ether oxygens (including phenoxy) is 1. The number of nitrogens with one attached hydrogen (secondary N) is 1. The van der Waals surface area contributed by atoms with E-state index in [4.69, 9.17) is 4.74 Å². The summed E-state index contributed by atoms with van der Waals surface area (Å²) in [5.41, 5.74) is -0.0319. The van der Waals surface area contributed by atoms with Crippen LogP contribution in [0.5, 0.6) is 0 Å². The second-order valence-electron chi connectivity index (χ2n) is 5.86. The standard InChI is InChI=1S/C19H20N2O4/c1-3-25-18(23)19(24,16-9-6-12-20-16)11-10-14-13-7-4-5-8-15(13)21(2)17(14)22/h4-12,14,20,24H,3H2,1-2H3/b11-10+/t14?,19-/m1/s1. The van der Waals surface area contributed by atoms with Gasteiger partial charge < -0.3 is 19.7 Å². The van der Waals surface area contributed by atoms with Crippen molar-refractivity contribution in [3.05, 3.63) is 66.0 Å². The number of amides is 1. The van der Waals surface area contributed by atoms with Crippen molar-refractivity contribution in [3.63, 3.8) is 0 Å². The zero-order chi connectivity index (χ0) is 18.0. The Bertz CT molecular complexity index is 813. The summed E-state index contributed by atoms with van der Waals surface area (Å²) in [6.45, 7) is 1.81. The number of rotatable bonds is 5. The molecular formula is C19H20N2O4. The fraction of sp³-hybridized carbons (Fsp3) is 0.263. The molecule has 2 aromatic rings. The highest BCUT2D eigenvalue weighted by Crippen LogP contribution is 2.37. The fourth-order valence-electron chi connectivity index (χ4n) is 3.01. The van der Waals surface area contributed by atoms with E-state index in [0.717, 1.165) is 11.3 Å². The van der Waals surface area contributed by atoms with Crippen LogP contribution in [0.25, 0.3) is 0 Å². The number of hydrogen-bond acceptors (Lipinski definition) is 4. The van der Waals surface area contributed by atoms with Gasteiger partial charge in [-0.15, -0.1) is 0 Å². The smallest absolute Gasteiger partial charge is 0.348 e. The number of H-pyrrole nitrogens is 1. The van der Waals surface area contributed by atoms with E-state index in [0.29, 0.717) is 0 Å². The number of fused-ring (bicyclic) bond motifs is 1. The molecule has 0 fully saturated rings. The highest BCUT2D eigenvalue weighted by atomic mass is 16.5. The Morgan fingerprint density at radius 1 is 1.36 bits per heavy atom. The number of aromatic amines is 1. The topological polar surface area (TPSA) is 82.6 Å². The summed E-state index contributed by atoms with van der Waals surface area (Å²) in [7, 11) is 1.71. The Morgan fingerprint density at radius 2 is 2.12 bits per heavy atom. The normalized spacial score (nSPS) is 19.1. The minimum atomic E-state index is -1.98. The van der Waals surface area contributed by atoms with Gasteiger partial charge in [-0.1, -0.05) is 24.3 Å². The second kappa shape index (κ2) is 6.57. The molecule has 2 N–H and O–H groups in total. The zero-order valence-corrected chi connectivity index (χ0v) is 14.1. The van der Waals surface area contributed by atoms with Crippen LogP contribution in [-0.4, -0.2) is 35.6 Å². The number of carbonyl (C=O) groups excluding carboxylic acids is 2. The first-order valence-electron chi connectivity index (χ1n) is 8.08. The van der Waals surface area contributed by atoms with Gasteiger partial charge in [0.05, 0.1) is 18.2 Å². The molecule has 0 bridgehead atoms. The molecule has 0 aliphatic carbocycles. The maximum absolute atomic E-state index is 12.5. The first-order chi connectivity index (χ1) is 12.0. The maximum atomic E-state index is 12.5. The van der Waals surface area contributed by atoms with Gasteiger partial charge in [-0.2, -0.15) is 0 Å². The minimum absolute atomic E-state index is 0.116. The number of aromatic nitrogens is 1. The van der Waals surface area contributed by atoms with Crippen LogP contribution in [0.1, 0.15) is 24.1 Å². The lowest BCUT2D eigenvalue weighted by Gasteiger charge is -2.21. The van der Waals surface area contributed by atoms with Gasteiger partial charge in [-0.05, 0) is 36.8 Å².